The summed E-state index contributed by atoms with van der Waals surface area (Å²) < 4.78 is 4.93. The number of fused-ring (bicyclic) bond motifs is 1. The molecule has 1 atom stereocenters. The second-order valence-electron chi connectivity index (χ2n) is 5.36. The van der Waals surface area contributed by atoms with Gasteiger partial charge in [-0.25, -0.2) is 4.79 Å². The van der Waals surface area contributed by atoms with Gasteiger partial charge in [-0.3, -0.25) is 14.5 Å². The van der Waals surface area contributed by atoms with Crippen molar-refractivity contribution < 1.29 is 19.1 Å². The maximum atomic E-state index is 12.4. The van der Waals surface area contributed by atoms with Gasteiger partial charge in [-0.1, -0.05) is 6.58 Å². The zero-order valence-corrected chi connectivity index (χ0v) is 12.5. The summed E-state index contributed by atoms with van der Waals surface area (Å²) in [7, 11) is 1.52. The molecule has 0 aromatic heterocycles. The largest absolute Gasteiger partial charge is 0.383 e. The van der Waals surface area contributed by atoms with E-state index >= 15 is 0 Å². The number of nitrogens with zero attached hydrogens (tertiary/aromatic N) is 3. The van der Waals surface area contributed by atoms with Crippen molar-refractivity contribution in [1.29, 1.82) is 0 Å². The molecule has 0 aliphatic carbocycles. The summed E-state index contributed by atoms with van der Waals surface area (Å²) in [6, 6.07) is -0.869. The molecule has 0 saturated carbocycles. The highest BCUT2D eigenvalue weighted by Crippen LogP contribution is 2.22. The Balaban J connectivity index is 2.14. The van der Waals surface area contributed by atoms with Crippen LogP contribution >= 0.6 is 0 Å². The van der Waals surface area contributed by atoms with Gasteiger partial charge in [0.15, 0.2) is 0 Å². The molecule has 21 heavy (non-hydrogen) atoms. The van der Waals surface area contributed by atoms with Crippen molar-refractivity contribution >= 4 is 17.8 Å². The van der Waals surface area contributed by atoms with Gasteiger partial charge in [0.25, 0.3) is 5.91 Å². The highest BCUT2D eigenvalue weighted by Gasteiger charge is 2.46. The van der Waals surface area contributed by atoms with Crippen LogP contribution in [0.25, 0.3) is 0 Å². The summed E-state index contributed by atoms with van der Waals surface area (Å²) in [5.74, 6) is -0.411. The van der Waals surface area contributed by atoms with E-state index in [0.717, 1.165) is 0 Å². The molecule has 2 aliphatic rings. The number of urea groups is 1. The van der Waals surface area contributed by atoms with Gasteiger partial charge in [0, 0.05) is 25.8 Å². The molecule has 4 amide bonds. The third-order valence-corrected chi connectivity index (χ3v) is 3.80. The summed E-state index contributed by atoms with van der Waals surface area (Å²) in [6.45, 7) is 7.12. The van der Waals surface area contributed by atoms with Crippen LogP contribution in [0.15, 0.2) is 12.2 Å². The van der Waals surface area contributed by atoms with E-state index in [1.165, 1.54) is 12.0 Å². The Morgan fingerprint density at radius 2 is 2.10 bits per heavy atom. The van der Waals surface area contributed by atoms with Gasteiger partial charge < -0.3 is 14.5 Å². The average Bonchev–Trinajstić information content (AvgIpc) is 2.63. The zero-order valence-electron chi connectivity index (χ0n) is 12.5. The molecule has 2 saturated heterocycles. The lowest BCUT2D eigenvalue weighted by Crippen LogP contribution is -2.43. The SMILES string of the molecule is C=C(C)C(=O)N1CCCN2C(=O)N(CCOC)C(=O)C2C1. The summed E-state index contributed by atoms with van der Waals surface area (Å²) >= 11 is 0. The molecule has 0 N–H and O–H groups in total. The van der Waals surface area contributed by atoms with Crippen LogP contribution in [-0.4, -0.2) is 78.5 Å². The first-order valence-corrected chi connectivity index (χ1v) is 7.03. The number of methoxy groups -OCH3 is 1. The fourth-order valence-electron chi connectivity index (χ4n) is 2.70. The Morgan fingerprint density at radius 1 is 1.38 bits per heavy atom. The van der Waals surface area contributed by atoms with Crippen molar-refractivity contribution in [3.05, 3.63) is 12.2 Å². The monoisotopic (exact) mass is 295 g/mol. The van der Waals surface area contributed by atoms with Crippen molar-refractivity contribution in [2.24, 2.45) is 0 Å². The van der Waals surface area contributed by atoms with Crippen LogP contribution in [0.5, 0.6) is 0 Å². The third kappa shape index (κ3) is 2.92. The minimum Gasteiger partial charge on any atom is -0.383 e. The number of ether oxygens (including phenoxy) is 1. The quantitative estimate of drug-likeness (QED) is 0.544. The first kappa shape index (κ1) is 15.5. The number of hydrogen-bond donors (Lipinski definition) is 0. The topological polar surface area (TPSA) is 70.2 Å². The first-order valence-electron chi connectivity index (χ1n) is 7.03. The van der Waals surface area contributed by atoms with E-state index in [0.29, 0.717) is 31.7 Å². The van der Waals surface area contributed by atoms with E-state index in [-0.39, 0.29) is 30.9 Å². The normalized spacial score (nSPS) is 22.4. The molecular weight excluding hydrogens is 274 g/mol. The number of carbonyl (C=O) groups excluding carboxylic acids is 3. The van der Waals surface area contributed by atoms with Crippen LogP contribution in [-0.2, 0) is 14.3 Å². The van der Waals surface area contributed by atoms with Crippen LogP contribution in [0, 0.1) is 0 Å². The molecule has 7 heteroatoms. The maximum Gasteiger partial charge on any atom is 0.327 e. The Hall–Kier alpha value is -1.89. The lowest BCUT2D eigenvalue weighted by atomic mass is 10.2. The molecule has 0 radical (unpaired) electrons. The van der Waals surface area contributed by atoms with Crippen LogP contribution in [0.4, 0.5) is 4.79 Å². The predicted octanol–water partition coefficient (Wildman–Crippen LogP) is 0.0740. The molecule has 2 rings (SSSR count). The van der Waals surface area contributed by atoms with Crippen molar-refractivity contribution in [2.75, 3.05) is 39.9 Å². The van der Waals surface area contributed by atoms with Gasteiger partial charge in [-0.05, 0) is 13.3 Å². The van der Waals surface area contributed by atoms with E-state index in [2.05, 4.69) is 6.58 Å². The lowest BCUT2D eigenvalue weighted by Gasteiger charge is -2.23. The summed E-state index contributed by atoms with van der Waals surface area (Å²) in [5.41, 5.74) is 0.441. The molecule has 116 valence electrons. The number of amides is 4. The van der Waals surface area contributed by atoms with Gasteiger partial charge in [0.05, 0.1) is 19.7 Å². The Labute approximate surface area is 124 Å². The molecule has 0 aromatic rings. The van der Waals surface area contributed by atoms with E-state index in [1.807, 2.05) is 0 Å². The van der Waals surface area contributed by atoms with Crippen molar-refractivity contribution in [1.82, 2.24) is 14.7 Å². The smallest absolute Gasteiger partial charge is 0.327 e. The minimum absolute atomic E-state index is 0.160. The standard InChI is InChI=1S/C14H21N3O4/c1-10(2)12(18)15-5-4-6-16-11(9-15)13(19)17(14(16)20)7-8-21-3/h11H,1,4-9H2,2-3H3. The van der Waals surface area contributed by atoms with Gasteiger partial charge in [0.2, 0.25) is 5.91 Å². The molecule has 0 bridgehead atoms. The first-order chi connectivity index (χ1) is 9.97. The fraction of sp³-hybridized carbons (Fsp3) is 0.643. The molecule has 1 unspecified atom stereocenters. The van der Waals surface area contributed by atoms with Gasteiger partial charge in [0.1, 0.15) is 6.04 Å². The van der Waals surface area contributed by atoms with Gasteiger partial charge in [-0.2, -0.15) is 0 Å². The molecule has 0 spiro atoms. The lowest BCUT2D eigenvalue weighted by molar-refractivity contribution is -0.131. The Kier molecular flexibility index (Phi) is 4.62. The molecular formula is C14H21N3O4. The number of carbonyl (C=O) groups is 3. The van der Waals surface area contributed by atoms with Crippen LogP contribution in [0.2, 0.25) is 0 Å². The molecule has 2 heterocycles. The second kappa shape index (κ2) is 6.26. The van der Waals surface area contributed by atoms with Crippen molar-refractivity contribution in [2.45, 2.75) is 19.4 Å². The second-order valence-corrected chi connectivity index (χ2v) is 5.36. The third-order valence-electron chi connectivity index (χ3n) is 3.80. The van der Waals surface area contributed by atoms with E-state index in [4.69, 9.17) is 4.74 Å². The fourth-order valence-corrected chi connectivity index (χ4v) is 2.70. The number of imide groups is 1. The summed E-state index contributed by atoms with van der Waals surface area (Å²) in [5, 5.41) is 0. The Morgan fingerprint density at radius 3 is 2.71 bits per heavy atom. The highest BCUT2D eigenvalue weighted by atomic mass is 16.5. The van der Waals surface area contributed by atoms with Gasteiger partial charge >= 0.3 is 6.03 Å². The number of rotatable bonds is 4. The van der Waals surface area contributed by atoms with Crippen LogP contribution < -0.4 is 0 Å². The van der Waals surface area contributed by atoms with E-state index in [1.54, 1.807) is 16.7 Å². The van der Waals surface area contributed by atoms with Crippen molar-refractivity contribution in [3.8, 4) is 0 Å². The zero-order chi connectivity index (χ0) is 15.6. The molecule has 2 fully saturated rings. The highest BCUT2D eigenvalue weighted by molar-refractivity contribution is 6.04. The molecule has 7 nitrogen and oxygen atoms in total. The molecule has 0 aromatic carbocycles. The van der Waals surface area contributed by atoms with Crippen LogP contribution in [0.3, 0.4) is 0 Å². The molecule has 2 aliphatic heterocycles. The average molecular weight is 295 g/mol. The predicted molar refractivity (Wildman–Crippen MR) is 75.5 cm³/mol. The summed E-state index contributed by atoms with van der Waals surface area (Å²) in [4.78, 5) is 41.1. The van der Waals surface area contributed by atoms with Gasteiger partial charge in [-0.15, -0.1) is 0 Å². The number of hydrogen-bond acceptors (Lipinski definition) is 4. The van der Waals surface area contributed by atoms with E-state index in [9.17, 15) is 14.4 Å². The summed E-state index contributed by atoms with van der Waals surface area (Å²) in [6.07, 6.45) is 0.659. The minimum atomic E-state index is -0.583. The van der Waals surface area contributed by atoms with Crippen molar-refractivity contribution in [3.63, 3.8) is 0 Å². The van der Waals surface area contributed by atoms with Crippen LogP contribution in [0.1, 0.15) is 13.3 Å². The van der Waals surface area contributed by atoms with E-state index < -0.39 is 6.04 Å². The maximum absolute atomic E-state index is 12.4. The Bertz CT molecular complexity index is 477.